The van der Waals surface area contributed by atoms with E-state index >= 15 is 0 Å². The summed E-state index contributed by atoms with van der Waals surface area (Å²) in [7, 11) is 0. The summed E-state index contributed by atoms with van der Waals surface area (Å²) >= 11 is 1.58. The van der Waals surface area contributed by atoms with Gasteiger partial charge in [0.1, 0.15) is 11.3 Å². The van der Waals surface area contributed by atoms with Gasteiger partial charge in [-0.15, -0.1) is 11.3 Å². The van der Waals surface area contributed by atoms with Gasteiger partial charge in [0.25, 0.3) is 0 Å². The number of benzene rings is 2. The first-order valence-electron chi connectivity index (χ1n) is 5.74. The molecule has 1 heterocycles. The lowest BCUT2D eigenvalue weighted by Gasteiger charge is -2.06. The van der Waals surface area contributed by atoms with Crippen LogP contribution in [-0.4, -0.2) is 11.3 Å². The zero-order valence-corrected chi connectivity index (χ0v) is 10.4. The molecule has 0 fully saturated rings. The molecule has 88 valence electrons. The molecule has 0 radical (unpaired) electrons. The molecule has 0 spiro atoms. The van der Waals surface area contributed by atoms with Gasteiger partial charge in [-0.3, -0.25) is 0 Å². The highest BCUT2D eigenvalue weighted by atomic mass is 32.1. The summed E-state index contributed by atoms with van der Waals surface area (Å²) in [5.74, 6) is -0.261. The van der Waals surface area contributed by atoms with Gasteiger partial charge < -0.3 is 4.79 Å². The first-order chi connectivity index (χ1) is 8.88. The van der Waals surface area contributed by atoms with Crippen LogP contribution in [0.1, 0.15) is 16.5 Å². The van der Waals surface area contributed by atoms with Gasteiger partial charge in [0.05, 0.1) is 16.1 Å². The molecule has 1 unspecified atom stereocenters. The minimum absolute atomic E-state index is 0.261. The van der Waals surface area contributed by atoms with Crippen LogP contribution in [0.25, 0.3) is 10.2 Å². The minimum atomic E-state index is -0.261. The number of rotatable bonds is 3. The van der Waals surface area contributed by atoms with E-state index in [9.17, 15) is 4.79 Å². The molecule has 2 aromatic carbocycles. The standard InChI is InChI=1S/C15H11NOS/c17-10-12(11-6-2-1-3-7-11)15-16-13-8-4-5-9-14(13)18-15/h1-10,12H. The third kappa shape index (κ3) is 1.93. The molecular formula is C15H11NOS. The van der Waals surface area contributed by atoms with Crippen molar-refractivity contribution in [2.75, 3.05) is 0 Å². The average molecular weight is 253 g/mol. The van der Waals surface area contributed by atoms with Crippen LogP contribution in [0, 0.1) is 0 Å². The van der Waals surface area contributed by atoms with Crippen molar-refractivity contribution in [1.29, 1.82) is 0 Å². The average Bonchev–Trinajstić information content (AvgIpc) is 2.84. The van der Waals surface area contributed by atoms with E-state index in [2.05, 4.69) is 4.98 Å². The number of para-hydroxylation sites is 1. The van der Waals surface area contributed by atoms with Crippen LogP contribution in [0.5, 0.6) is 0 Å². The number of thiazole rings is 1. The van der Waals surface area contributed by atoms with Crippen molar-refractivity contribution in [3.05, 3.63) is 65.2 Å². The summed E-state index contributed by atoms with van der Waals surface area (Å²) in [5.41, 5.74) is 1.95. The monoisotopic (exact) mass is 253 g/mol. The Labute approximate surface area is 109 Å². The zero-order chi connectivity index (χ0) is 12.4. The number of carbonyl (C=O) groups is 1. The summed E-state index contributed by atoms with van der Waals surface area (Å²) in [6, 6.07) is 17.7. The maximum absolute atomic E-state index is 11.3. The predicted octanol–water partition coefficient (Wildman–Crippen LogP) is 3.63. The molecule has 0 bridgehead atoms. The molecule has 0 aliphatic carbocycles. The van der Waals surface area contributed by atoms with Gasteiger partial charge in [-0.1, -0.05) is 42.5 Å². The number of hydrogen-bond donors (Lipinski definition) is 0. The fourth-order valence-electron chi connectivity index (χ4n) is 1.96. The molecule has 0 saturated carbocycles. The van der Waals surface area contributed by atoms with Crippen LogP contribution >= 0.6 is 11.3 Å². The van der Waals surface area contributed by atoms with E-state index in [0.717, 1.165) is 27.1 Å². The van der Waals surface area contributed by atoms with Crippen LogP contribution in [0.15, 0.2) is 54.6 Å². The Morgan fingerprint density at radius 3 is 2.44 bits per heavy atom. The van der Waals surface area contributed by atoms with E-state index in [-0.39, 0.29) is 5.92 Å². The lowest BCUT2D eigenvalue weighted by atomic mass is 10.0. The van der Waals surface area contributed by atoms with Crippen LogP contribution < -0.4 is 0 Å². The number of hydrogen-bond acceptors (Lipinski definition) is 3. The Balaban J connectivity index is 2.09. The van der Waals surface area contributed by atoms with E-state index in [1.54, 1.807) is 11.3 Å². The summed E-state index contributed by atoms with van der Waals surface area (Å²) in [6.07, 6.45) is 0.965. The van der Waals surface area contributed by atoms with Crippen LogP contribution in [0.4, 0.5) is 0 Å². The fourth-order valence-corrected chi connectivity index (χ4v) is 3.02. The van der Waals surface area contributed by atoms with Gasteiger partial charge in [-0.05, 0) is 17.7 Å². The number of carbonyl (C=O) groups excluding carboxylic acids is 1. The second kappa shape index (κ2) is 4.70. The van der Waals surface area contributed by atoms with Crippen molar-refractivity contribution in [3.63, 3.8) is 0 Å². The summed E-state index contributed by atoms with van der Waals surface area (Å²) in [4.78, 5) is 15.9. The van der Waals surface area contributed by atoms with Crippen molar-refractivity contribution in [2.45, 2.75) is 5.92 Å². The lowest BCUT2D eigenvalue weighted by molar-refractivity contribution is -0.108. The minimum Gasteiger partial charge on any atom is -0.302 e. The molecule has 3 aromatic rings. The lowest BCUT2D eigenvalue weighted by Crippen LogP contribution is -2.01. The van der Waals surface area contributed by atoms with Crippen molar-refractivity contribution in [1.82, 2.24) is 4.98 Å². The summed E-state index contributed by atoms with van der Waals surface area (Å²) < 4.78 is 1.12. The predicted molar refractivity (Wildman–Crippen MR) is 74.0 cm³/mol. The highest BCUT2D eigenvalue weighted by Gasteiger charge is 2.17. The Bertz CT molecular complexity index is 642. The molecule has 0 N–H and O–H groups in total. The van der Waals surface area contributed by atoms with Crippen molar-refractivity contribution >= 4 is 27.8 Å². The molecule has 0 aliphatic heterocycles. The normalized spacial score (nSPS) is 12.4. The molecule has 0 amide bonds. The smallest absolute Gasteiger partial charge is 0.134 e. The summed E-state index contributed by atoms with van der Waals surface area (Å²) in [6.45, 7) is 0. The molecule has 0 aliphatic rings. The molecule has 1 aromatic heterocycles. The molecule has 2 nitrogen and oxygen atoms in total. The first-order valence-corrected chi connectivity index (χ1v) is 6.56. The summed E-state index contributed by atoms with van der Waals surface area (Å²) in [5, 5.41) is 0.859. The SMILES string of the molecule is O=CC(c1ccccc1)c1nc2ccccc2s1. The highest BCUT2D eigenvalue weighted by molar-refractivity contribution is 7.18. The van der Waals surface area contributed by atoms with E-state index in [4.69, 9.17) is 0 Å². The molecular weight excluding hydrogens is 242 g/mol. The quantitative estimate of drug-likeness (QED) is 0.667. The van der Waals surface area contributed by atoms with E-state index < -0.39 is 0 Å². The Kier molecular flexibility index (Phi) is 2.90. The Morgan fingerprint density at radius 1 is 1.00 bits per heavy atom. The number of aldehydes is 1. The molecule has 18 heavy (non-hydrogen) atoms. The fraction of sp³-hybridized carbons (Fsp3) is 0.0667. The third-order valence-corrected chi connectivity index (χ3v) is 3.99. The van der Waals surface area contributed by atoms with Gasteiger partial charge in [0.15, 0.2) is 0 Å². The Morgan fingerprint density at radius 2 is 1.72 bits per heavy atom. The van der Waals surface area contributed by atoms with Crippen LogP contribution in [0.3, 0.4) is 0 Å². The van der Waals surface area contributed by atoms with Gasteiger partial charge in [-0.2, -0.15) is 0 Å². The topological polar surface area (TPSA) is 30.0 Å². The molecule has 1 atom stereocenters. The Hall–Kier alpha value is -2.00. The first kappa shape index (κ1) is 11.1. The van der Waals surface area contributed by atoms with Crippen molar-refractivity contribution < 1.29 is 4.79 Å². The van der Waals surface area contributed by atoms with Gasteiger partial charge in [0, 0.05) is 0 Å². The van der Waals surface area contributed by atoms with E-state index in [0.29, 0.717) is 0 Å². The maximum atomic E-state index is 11.3. The third-order valence-electron chi connectivity index (χ3n) is 2.87. The van der Waals surface area contributed by atoms with Crippen LogP contribution in [0.2, 0.25) is 0 Å². The maximum Gasteiger partial charge on any atom is 0.134 e. The molecule has 3 rings (SSSR count). The van der Waals surface area contributed by atoms with Crippen molar-refractivity contribution in [2.24, 2.45) is 0 Å². The second-order valence-corrected chi connectivity index (χ2v) is 5.11. The van der Waals surface area contributed by atoms with E-state index in [1.807, 2.05) is 54.6 Å². The second-order valence-electron chi connectivity index (χ2n) is 4.04. The van der Waals surface area contributed by atoms with E-state index in [1.165, 1.54) is 0 Å². The van der Waals surface area contributed by atoms with Gasteiger partial charge in [-0.25, -0.2) is 4.98 Å². The zero-order valence-electron chi connectivity index (χ0n) is 9.61. The number of fused-ring (bicyclic) bond motifs is 1. The number of nitrogens with zero attached hydrogens (tertiary/aromatic N) is 1. The highest BCUT2D eigenvalue weighted by Crippen LogP contribution is 2.30. The molecule has 3 heteroatoms. The van der Waals surface area contributed by atoms with Gasteiger partial charge in [0.2, 0.25) is 0 Å². The largest absolute Gasteiger partial charge is 0.302 e. The number of aromatic nitrogens is 1. The van der Waals surface area contributed by atoms with Crippen LogP contribution in [-0.2, 0) is 4.79 Å². The van der Waals surface area contributed by atoms with Crippen molar-refractivity contribution in [3.8, 4) is 0 Å². The molecule has 0 saturated heterocycles. The van der Waals surface area contributed by atoms with Gasteiger partial charge >= 0.3 is 0 Å².